The summed E-state index contributed by atoms with van der Waals surface area (Å²) in [7, 11) is 5.66. The zero-order chi connectivity index (χ0) is 23.0. The Morgan fingerprint density at radius 1 is 1.25 bits per heavy atom. The van der Waals surface area contributed by atoms with E-state index in [0.717, 1.165) is 17.8 Å². The molecule has 0 amide bonds. The topological polar surface area (TPSA) is 59.4 Å². The van der Waals surface area contributed by atoms with Crippen LogP contribution < -0.4 is 15.8 Å². The van der Waals surface area contributed by atoms with Gasteiger partial charge in [-0.3, -0.25) is 9.36 Å². The standard InChI is InChI=1S/C25H29ClN4O2/c1-6-32-21-13-16-9-7-8-10-18(16)22(21)28-24-15(2)27-23(25(31)30(24)5)19-12-11-17(29(3)4)14-20(19)26/h7-12,14,21-22,28H,6,13H2,1-5H3/t21-,22+/m0/s1. The molecule has 2 aromatic carbocycles. The molecule has 7 heteroatoms. The lowest BCUT2D eigenvalue weighted by Crippen LogP contribution is -2.30. The maximum absolute atomic E-state index is 13.3. The number of benzene rings is 2. The summed E-state index contributed by atoms with van der Waals surface area (Å²) in [6.45, 7) is 4.54. The van der Waals surface area contributed by atoms with Crippen molar-refractivity contribution >= 4 is 23.1 Å². The van der Waals surface area contributed by atoms with Crippen LogP contribution in [-0.4, -0.2) is 36.4 Å². The number of halogens is 1. The Bertz CT molecular complexity index is 1210. The minimum atomic E-state index is -0.197. The van der Waals surface area contributed by atoms with Crippen molar-refractivity contribution in [3.05, 3.63) is 74.7 Å². The van der Waals surface area contributed by atoms with Crippen molar-refractivity contribution < 1.29 is 4.74 Å². The van der Waals surface area contributed by atoms with Gasteiger partial charge in [0, 0.05) is 45.4 Å². The molecule has 168 valence electrons. The fraction of sp³-hybridized carbons (Fsp3) is 0.360. The summed E-state index contributed by atoms with van der Waals surface area (Å²) in [4.78, 5) is 19.9. The Hall–Kier alpha value is -2.83. The summed E-state index contributed by atoms with van der Waals surface area (Å²) >= 11 is 6.53. The van der Waals surface area contributed by atoms with Gasteiger partial charge < -0.3 is 15.0 Å². The molecule has 2 atom stereocenters. The van der Waals surface area contributed by atoms with E-state index < -0.39 is 0 Å². The number of hydrogen-bond donors (Lipinski definition) is 1. The first kappa shape index (κ1) is 22.4. The first-order chi connectivity index (χ1) is 15.3. The third kappa shape index (κ3) is 4.00. The Kier molecular flexibility index (Phi) is 6.26. The summed E-state index contributed by atoms with van der Waals surface area (Å²) in [5, 5.41) is 4.06. The lowest BCUT2D eigenvalue weighted by molar-refractivity contribution is 0.0572. The van der Waals surface area contributed by atoms with Gasteiger partial charge in [-0.05, 0) is 43.2 Å². The van der Waals surface area contributed by atoms with Crippen molar-refractivity contribution in [2.75, 3.05) is 30.9 Å². The first-order valence-corrected chi connectivity index (χ1v) is 11.2. The number of aromatic nitrogens is 2. The minimum absolute atomic E-state index is 0.000370. The van der Waals surface area contributed by atoms with Crippen molar-refractivity contribution in [1.29, 1.82) is 0 Å². The zero-order valence-corrected chi connectivity index (χ0v) is 19.9. The molecule has 0 bridgehead atoms. The molecule has 0 aliphatic heterocycles. The van der Waals surface area contributed by atoms with Crippen LogP contribution in [0.2, 0.25) is 5.02 Å². The van der Waals surface area contributed by atoms with E-state index in [4.69, 9.17) is 16.3 Å². The second-order valence-corrected chi connectivity index (χ2v) is 8.74. The summed E-state index contributed by atoms with van der Waals surface area (Å²) < 4.78 is 7.65. The summed E-state index contributed by atoms with van der Waals surface area (Å²) in [6, 6.07) is 13.9. The first-order valence-electron chi connectivity index (χ1n) is 10.8. The molecule has 1 heterocycles. The summed E-state index contributed by atoms with van der Waals surface area (Å²) in [6.07, 6.45) is 0.841. The highest BCUT2D eigenvalue weighted by Gasteiger charge is 2.33. The third-order valence-electron chi connectivity index (χ3n) is 6.05. The van der Waals surface area contributed by atoms with Gasteiger partial charge in [0.25, 0.3) is 5.56 Å². The van der Waals surface area contributed by atoms with Crippen LogP contribution >= 0.6 is 11.6 Å². The maximum atomic E-state index is 13.3. The highest BCUT2D eigenvalue weighted by Crippen LogP contribution is 2.36. The van der Waals surface area contributed by atoms with Gasteiger partial charge in [-0.25, -0.2) is 4.98 Å². The molecule has 0 spiro atoms. The fourth-order valence-corrected chi connectivity index (χ4v) is 4.63. The highest BCUT2D eigenvalue weighted by molar-refractivity contribution is 6.33. The second-order valence-electron chi connectivity index (χ2n) is 8.34. The number of hydrogen-bond acceptors (Lipinski definition) is 5. The molecule has 0 saturated carbocycles. The average Bonchev–Trinajstić information content (AvgIpc) is 3.11. The second kappa shape index (κ2) is 8.96. The van der Waals surface area contributed by atoms with Gasteiger partial charge >= 0.3 is 0 Å². The lowest BCUT2D eigenvalue weighted by atomic mass is 10.1. The quantitative estimate of drug-likeness (QED) is 0.592. The monoisotopic (exact) mass is 452 g/mol. The van der Waals surface area contributed by atoms with Gasteiger partial charge in [0.05, 0.1) is 22.9 Å². The number of rotatable bonds is 6. The lowest BCUT2D eigenvalue weighted by Gasteiger charge is -2.25. The van der Waals surface area contributed by atoms with E-state index in [1.807, 2.05) is 63.2 Å². The summed E-state index contributed by atoms with van der Waals surface area (Å²) in [5.41, 5.74) is 4.94. The average molecular weight is 453 g/mol. The van der Waals surface area contributed by atoms with Gasteiger partial charge in [-0.15, -0.1) is 0 Å². The molecule has 0 radical (unpaired) electrons. The van der Waals surface area contributed by atoms with Crippen LogP contribution in [0.4, 0.5) is 11.5 Å². The van der Waals surface area contributed by atoms with Crippen molar-refractivity contribution in [3.63, 3.8) is 0 Å². The van der Waals surface area contributed by atoms with Crippen molar-refractivity contribution in [1.82, 2.24) is 9.55 Å². The van der Waals surface area contributed by atoms with Crippen LogP contribution in [0.3, 0.4) is 0 Å². The Labute approximate surface area is 193 Å². The molecule has 1 aliphatic carbocycles. The number of nitrogens with zero attached hydrogens (tertiary/aromatic N) is 3. The van der Waals surface area contributed by atoms with E-state index in [1.54, 1.807) is 11.6 Å². The molecule has 0 unspecified atom stereocenters. The van der Waals surface area contributed by atoms with Gasteiger partial charge in [0.15, 0.2) is 0 Å². The molecule has 6 nitrogen and oxygen atoms in total. The molecule has 0 saturated heterocycles. The van der Waals surface area contributed by atoms with Gasteiger partial charge in [-0.1, -0.05) is 35.9 Å². The zero-order valence-electron chi connectivity index (χ0n) is 19.1. The SMILES string of the molecule is CCO[C@H]1Cc2ccccc2[C@H]1Nc1c(C)nc(-c2ccc(N(C)C)cc2Cl)c(=O)n1C. The van der Waals surface area contributed by atoms with Crippen LogP contribution in [0.25, 0.3) is 11.3 Å². The Morgan fingerprint density at radius 3 is 2.69 bits per heavy atom. The number of ether oxygens (including phenoxy) is 1. The number of nitrogens with one attached hydrogen (secondary N) is 1. The fourth-order valence-electron chi connectivity index (χ4n) is 4.37. The van der Waals surface area contributed by atoms with E-state index in [2.05, 4.69) is 22.4 Å². The normalized spacial score (nSPS) is 17.3. The smallest absolute Gasteiger partial charge is 0.278 e. The molecule has 4 rings (SSSR count). The molecule has 1 aromatic heterocycles. The number of aryl methyl sites for hydroxylation is 1. The molecule has 3 aromatic rings. The summed E-state index contributed by atoms with van der Waals surface area (Å²) in [5.74, 6) is 0.686. The van der Waals surface area contributed by atoms with Crippen molar-refractivity contribution in [2.45, 2.75) is 32.4 Å². The van der Waals surface area contributed by atoms with E-state index >= 15 is 0 Å². The maximum Gasteiger partial charge on any atom is 0.278 e. The van der Waals surface area contributed by atoms with Crippen LogP contribution in [0.1, 0.15) is 29.8 Å². The van der Waals surface area contributed by atoms with Crippen molar-refractivity contribution in [2.24, 2.45) is 7.05 Å². The predicted molar refractivity (Wildman–Crippen MR) is 131 cm³/mol. The van der Waals surface area contributed by atoms with Crippen molar-refractivity contribution in [3.8, 4) is 11.3 Å². The molecule has 32 heavy (non-hydrogen) atoms. The molecular formula is C25H29ClN4O2. The number of fused-ring (bicyclic) bond motifs is 1. The van der Waals surface area contributed by atoms with Gasteiger partial charge in [0.1, 0.15) is 11.5 Å². The van der Waals surface area contributed by atoms with E-state index in [1.165, 1.54) is 11.1 Å². The van der Waals surface area contributed by atoms with Crippen LogP contribution in [0.15, 0.2) is 47.3 Å². The van der Waals surface area contributed by atoms with Gasteiger partial charge in [0.2, 0.25) is 0 Å². The minimum Gasteiger partial charge on any atom is -0.378 e. The largest absolute Gasteiger partial charge is 0.378 e. The van der Waals surface area contributed by atoms with Crippen LogP contribution in [-0.2, 0) is 18.2 Å². The van der Waals surface area contributed by atoms with E-state index in [0.29, 0.717) is 28.7 Å². The third-order valence-corrected chi connectivity index (χ3v) is 6.36. The predicted octanol–water partition coefficient (Wildman–Crippen LogP) is 4.59. The molecule has 0 fully saturated rings. The van der Waals surface area contributed by atoms with Crippen LogP contribution in [0.5, 0.6) is 0 Å². The highest BCUT2D eigenvalue weighted by atomic mass is 35.5. The molecule has 1 aliphatic rings. The molecule has 1 N–H and O–H groups in total. The van der Waals surface area contributed by atoms with Gasteiger partial charge in [-0.2, -0.15) is 0 Å². The number of anilines is 2. The van der Waals surface area contributed by atoms with E-state index in [-0.39, 0.29) is 17.7 Å². The van der Waals surface area contributed by atoms with Crippen LogP contribution in [0, 0.1) is 6.92 Å². The molecular weight excluding hydrogens is 424 g/mol. The Morgan fingerprint density at radius 2 is 2.00 bits per heavy atom. The Balaban J connectivity index is 1.73. The van der Waals surface area contributed by atoms with E-state index in [9.17, 15) is 4.79 Å².